The van der Waals surface area contributed by atoms with Crippen molar-refractivity contribution in [3.63, 3.8) is 0 Å². The van der Waals surface area contributed by atoms with Crippen LogP contribution in [0.15, 0.2) is 12.5 Å². The van der Waals surface area contributed by atoms with E-state index < -0.39 is 0 Å². The normalized spacial score (nSPS) is 19.9. The maximum Gasteiger partial charge on any atom is 0.0951 e. The van der Waals surface area contributed by atoms with Gasteiger partial charge in [-0.15, -0.1) is 0 Å². The van der Waals surface area contributed by atoms with Gasteiger partial charge in [0.15, 0.2) is 0 Å². The summed E-state index contributed by atoms with van der Waals surface area (Å²) in [7, 11) is 0. The molecule has 1 fully saturated rings. The predicted molar refractivity (Wildman–Crippen MR) is 64.1 cm³/mol. The van der Waals surface area contributed by atoms with Gasteiger partial charge >= 0.3 is 0 Å². The number of imidazole rings is 1. The lowest BCUT2D eigenvalue weighted by Gasteiger charge is -2.31. The van der Waals surface area contributed by atoms with Crippen LogP contribution in [0.3, 0.4) is 0 Å². The average molecular weight is 222 g/mol. The van der Waals surface area contributed by atoms with Gasteiger partial charge in [-0.2, -0.15) is 0 Å². The monoisotopic (exact) mass is 222 g/mol. The molecule has 1 N–H and O–H groups in total. The van der Waals surface area contributed by atoms with E-state index in [0.717, 1.165) is 18.0 Å². The quantitative estimate of drug-likeness (QED) is 0.850. The van der Waals surface area contributed by atoms with Crippen molar-refractivity contribution in [2.24, 2.45) is 5.92 Å². The summed E-state index contributed by atoms with van der Waals surface area (Å²) in [6.45, 7) is 2.34. The van der Waals surface area contributed by atoms with Crippen LogP contribution in [0.1, 0.15) is 57.2 Å². The topological polar surface area (TPSA) is 38.0 Å². The standard InChI is InChI=1S/C13H22N2O/c1-2-13(11-6-4-3-5-7-11)15-10-14-8-12(15)9-16/h8,10-11,13,16H,2-7,9H2,1H3. The van der Waals surface area contributed by atoms with Crippen LogP contribution in [0.2, 0.25) is 0 Å². The molecule has 0 aliphatic heterocycles. The molecule has 0 bridgehead atoms. The molecule has 0 spiro atoms. The third-order valence-electron chi connectivity index (χ3n) is 3.88. The number of aliphatic hydroxyl groups is 1. The molecule has 1 saturated carbocycles. The molecule has 16 heavy (non-hydrogen) atoms. The predicted octanol–water partition coefficient (Wildman–Crippen LogP) is 2.91. The zero-order chi connectivity index (χ0) is 11.4. The molecule has 0 amide bonds. The highest BCUT2D eigenvalue weighted by Crippen LogP contribution is 2.35. The van der Waals surface area contributed by atoms with Crippen molar-refractivity contribution >= 4 is 0 Å². The van der Waals surface area contributed by atoms with Gasteiger partial charge in [-0.3, -0.25) is 0 Å². The van der Waals surface area contributed by atoms with Crippen LogP contribution in [0.25, 0.3) is 0 Å². The van der Waals surface area contributed by atoms with Gasteiger partial charge in [0.2, 0.25) is 0 Å². The van der Waals surface area contributed by atoms with E-state index in [1.54, 1.807) is 6.20 Å². The molecule has 1 atom stereocenters. The number of hydrogen-bond acceptors (Lipinski definition) is 2. The van der Waals surface area contributed by atoms with Crippen LogP contribution < -0.4 is 0 Å². The molecule has 1 heterocycles. The van der Waals surface area contributed by atoms with Gasteiger partial charge in [-0.1, -0.05) is 26.2 Å². The number of hydrogen-bond donors (Lipinski definition) is 1. The van der Waals surface area contributed by atoms with Gasteiger partial charge in [-0.25, -0.2) is 4.98 Å². The van der Waals surface area contributed by atoms with E-state index in [9.17, 15) is 5.11 Å². The van der Waals surface area contributed by atoms with Crippen molar-refractivity contribution in [2.75, 3.05) is 0 Å². The first-order valence-electron chi connectivity index (χ1n) is 6.48. The Morgan fingerprint density at radius 2 is 2.19 bits per heavy atom. The highest BCUT2D eigenvalue weighted by molar-refractivity contribution is 4.99. The molecule has 2 rings (SSSR count). The lowest BCUT2D eigenvalue weighted by atomic mass is 9.82. The summed E-state index contributed by atoms with van der Waals surface area (Å²) < 4.78 is 2.19. The second kappa shape index (κ2) is 5.48. The Hall–Kier alpha value is -0.830. The molecule has 0 saturated heterocycles. The Morgan fingerprint density at radius 1 is 1.44 bits per heavy atom. The number of nitrogens with zero attached hydrogens (tertiary/aromatic N) is 2. The minimum atomic E-state index is 0.100. The minimum absolute atomic E-state index is 0.100. The van der Waals surface area contributed by atoms with Crippen LogP contribution in [0.4, 0.5) is 0 Å². The van der Waals surface area contributed by atoms with Gasteiger partial charge in [0.25, 0.3) is 0 Å². The largest absolute Gasteiger partial charge is 0.390 e. The van der Waals surface area contributed by atoms with E-state index in [4.69, 9.17) is 0 Å². The fraction of sp³-hybridized carbons (Fsp3) is 0.769. The van der Waals surface area contributed by atoms with Gasteiger partial charge in [0.1, 0.15) is 0 Å². The van der Waals surface area contributed by atoms with Gasteiger partial charge < -0.3 is 9.67 Å². The Kier molecular flexibility index (Phi) is 3.99. The molecule has 1 aliphatic carbocycles. The van der Waals surface area contributed by atoms with E-state index in [1.807, 2.05) is 6.33 Å². The number of aliphatic hydroxyl groups excluding tert-OH is 1. The summed E-state index contributed by atoms with van der Waals surface area (Å²) in [5.41, 5.74) is 0.956. The summed E-state index contributed by atoms with van der Waals surface area (Å²) in [4.78, 5) is 4.16. The van der Waals surface area contributed by atoms with Crippen molar-refractivity contribution in [1.29, 1.82) is 0 Å². The van der Waals surface area contributed by atoms with E-state index in [0.29, 0.717) is 6.04 Å². The second-order valence-corrected chi connectivity index (χ2v) is 4.82. The summed E-state index contributed by atoms with van der Waals surface area (Å²) in [5, 5.41) is 9.29. The Balaban J connectivity index is 2.14. The molecule has 0 radical (unpaired) electrons. The summed E-state index contributed by atoms with van der Waals surface area (Å²) in [5.74, 6) is 0.776. The molecular formula is C13H22N2O. The molecule has 0 aromatic carbocycles. The maximum absolute atomic E-state index is 9.29. The fourth-order valence-corrected chi connectivity index (χ4v) is 3.03. The van der Waals surface area contributed by atoms with Gasteiger partial charge in [0, 0.05) is 6.04 Å². The van der Waals surface area contributed by atoms with E-state index >= 15 is 0 Å². The lowest BCUT2D eigenvalue weighted by molar-refractivity contribution is 0.219. The highest BCUT2D eigenvalue weighted by atomic mass is 16.3. The van der Waals surface area contributed by atoms with Crippen LogP contribution in [0.5, 0.6) is 0 Å². The maximum atomic E-state index is 9.29. The fourth-order valence-electron chi connectivity index (χ4n) is 3.03. The molecule has 3 heteroatoms. The smallest absolute Gasteiger partial charge is 0.0951 e. The molecule has 3 nitrogen and oxygen atoms in total. The summed E-state index contributed by atoms with van der Waals surface area (Å²) >= 11 is 0. The highest BCUT2D eigenvalue weighted by Gasteiger charge is 2.24. The van der Waals surface area contributed by atoms with Crippen LogP contribution in [0, 0.1) is 5.92 Å². The third-order valence-corrected chi connectivity index (χ3v) is 3.88. The molecule has 1 aromatic heterocycles. The van der Waals surface area contributed by atoms with Crippen LogP contribution >= 0.6 is 0 Å². The minimum Gasteiger partial charge on any atom is -0.390 e. The average Bonchev–Trinajstić information content (AvgIpc) is 2.80. The summed E-state index contributed by atoms with van der Waals surface area (Å²) in [6, 6.07) is 0.532. The van der Waals surface area contributed by atoms with Crippen molar-refractivity contribution in [2.45, 2.75) is 58.1 Å². The second-order valence-electron chi connectivity index (χ2n) is 4.82. The van der Waals surface area contributed by atoms with Crippen LogP contribution in [-0.2, 0) is 6.61 Å². The van der Waals surface area contributed by atoms with Crippen molar-refractivity contribution in [3.05, 3.63) is 18.2 Å². The van der Waals surface area contributed by atoms with E-state index in [-0.39, 0.29) is 6.61 Å². The first-order chi connectivity index (χ1) is 7.86. The third kappa shape index (κ3) is 2.29. The van der Waals surface area contributed by atoms with Gasteiger partial charge in [-0.05, 0) is 25.2 Å². The Morgan fingerprint density at radius 3 is 2.81 bits per heavy atom. The molecule has 1 aliphatic rings. The zero-order valence-corrected chi connectivity index (χ0v) is 10.1. The number of rotatable bonds is 4. The Bertz CT molecular complexity index is 315. The lowest BCUT2D eigenvalue weighted by Crippen LogP contribution is -2.22. The first kappa shape index (κ1) is 11.6. The molecular weight excluding hydrogens is 200 g/mol. The molecule has 1 unspecified atom stereocenters. The van der Waals surface area contributed by atoms with Crippen molar-refractivity contribution in [3.8, 4) is 0 Å². The van der Waals surface area contributed by atoms with Crippen molar-refractivity contribution < 1.29 is 5.11 Å². The van der Waals surface area contributed by atoms with E-state index in [2.05, 4.69) is 16.5 Å². The van der Waals surface area contributed by atoms with Gasteiger partial charge in [0.05, 0.1) is 24.8 Å². The van der Waals surface area contributed by atoms with Crippen molar-refractivity contribution in [1.82, 2.24) is 9.55 Å². The zero-order valence-electron chi connectivity index (χ0n) is 10.1. The first-order valence-corrected chi connectivity index (χ1v) is 6.48. The van der Waals surface area contributed by atoms with Crippen LogP contribution in [-0.4, -0.2) is 14.7 Å². The molecule has 1 aromatic rings. The molecule has 90 valence electrons. The Labute approximate surface area is 97.5 Å². The summed E-state index contributed by atoms with van der Waals surface area (Å²) in [6.07, 6.45) is 11.6. The van der Waals surface area contributed by atoms with E-state index in [1.165, 1.54) is 32.1 Å². The number of aromatic nitrogens is 2. The SMILES string of the molecule is CCC(C1CCCCC1)n1cncc1CO.